The summed E-state index contributed by atoms with van der Waals surface area (Å²) in [5.74, 6) is -0.374. The highest BCUT2D eigenvalue weighted by atomic mass is 16.5. The number of nitrogens with two attached hydrogens (primary N) is 1. The molecule has 4 nitrogen and oxygen atoms in total. The smallest absolute Gasteiger partial charge is 0.342 e. The Labute approximate surface area is 110 Å². The molecule has 0 bridgehead atoms. The van der Waals surface area contributed by atoms with Gasteiger partial charge < -0.3 is 15.6 Å². The maximum atomic E-state index is 11.6. The third-order valence-electron chi connectivity index (χ3n) is 2.48. The van der Waals surface area contributed by atoms with Gasteiger partial charge in [0.05, 0.1) is 11.8 Å². The summed E-state index contributed by atoms with van der Waals surface area (Å²) >= 11 is 0. The maximum absolute atomic E-state index is 11.6. The summed E-state index contributed by atoms with van der Waals surface area (Å²) in [5, 5.41) is 9.11. The summed E-state index contributed by atoms with van der Waals surface area (Å²) in [5.41, 5.74) is 7.50. The quantitative estimate of drug-likeness (QED) is 0.502. The maximum Gasteiger partial charge on any atom is 0.342 e. The lowest BCUT2D eigenvalue weighted by Gasteiger charge is -1.99. The highest BCUT2D eigenvalue weighted by Crippen LogP contribution is 2.11. The topological polar surface area (TPSA) is 72.5 Å². The number of anilines is 1. The van der Waals surface area contributed by atoms with Crippen molar-refractivity contribution in [2.45, 2.75) is 0 Å². The van der Waals surface area contributed by atoms with Gasteiger partial charge in [-0.15, -0.1) is 0 Å². The van der Waals surface area contributed by atoms with E-state index in [9.17, 15) is 4.79 Å². The van der Waals surface area contributed by atoms with Crippen LogP contribution in [-0.4, -0.2) is 11.1 Å². The van der Waals surface area contributed by atoms with Gasteiger partial charge in [-0.05, 0) is 48.0 Å². The van der Waals surface area contributed by atoms with E-state index < -0.39 is 5.97 Å². The van der Waals surface area contributed by atoms with Crippen LogP contribution < -0.4 is 5.73 Å². The van der Waals surface area contributed by atoms with Crippen molar-refractivity contribution in [1.82, 2.24) is 0 Å². The molecular formula is C15H13NO3. The van der Waals surface area contributed by atoms with Crippen LogP contribution in [0, 0.1) is 0 Å². The van der Waals surface area contributed by atoms with E-state index in [0.717, 1.165) is 5.56 Å². The Balaban J connectivity index is 1.96. The number of aromatic hydroxyl groups is 1. The van der Waals surface area contributed by atoms with E-state index in [4.69, 9.17) is 15.6 Å². The van der Waals surface area contributed by atoms with Gasteiger partial charge in [0.1, 0.15) is 5.75 Å². The summed E-state index contributed by atoms with van der Waals surface area (Å²) < 4.78 is 4.97. The van der Waals surface area contributed by atoms with Crippen molar-refractivity contribution in [1.29, 1.82) is 0 Å². The molecule has 0 aliphatic carbocycles. The third kappa shape index (κ3) is 3.61. The van der Waals surface area contributed by atoms with Gasteiger partial charge in [0.2, 0.25) is 0 Å². The zero-order valence-electron chi connectivity index (χ0n) is 10.1. The first kappa shape index (κ1) is 12.7. The second-order valence-corrected chi connectivity index (χ2v) is 3.92. The second-order valence-electron chi connectivity index (χ2n) is 3.92. The average molecular weight is 255 g/mol. The van der Waals surface area contributed by atoms with Crippen LogP contribution in [-0.2, 0) is 4.74 Å². The number of esters is 1. The fourth-order valence-electron chi connectivity index (χ4n) is 1.45. The van der Waals surface area contributed by atoms with Crippen LogP contribution in [0.25, 0.3) is 6.08 Å². The van der Waals surface area contributed by atoms with Crippen LogP contribution >= 0.6 is 0 Å². The van der Waals surface area contributed by atoms with Gasteiger partial charge in [0.15, 0.2) is 0 Å². The summed E-state index contributed by atoms with van der Waals surface area (Å²) in [6, 6.07) is 13.0. The molecule has 19 heavy (non-hydrogen) atoms. The number of rotatable bonds is 3. The van der Waals surface area contributed by atoms with E-state index in [1.54, 1.807) is 18.2 Å². The number of benzene rings is 2. The Bertz CT molecular complexity index is 586. The van der Waals surface area contributed by atoms with Crippen molar-refractivity contribution >= 4 is 17.7 Å². The summed E-state index contributed by atoms with van der Waals surface area (Å²) in [6.45, 7) is 0. The summed E-state index contributed by atoms with van der Waals surface area (Å²) in [4.78, 5) is 11.6. The first-order valence-electron chi connectivity index (χ1n) is 5.67. The zero-order chi connectivity index (χ0) is 13.7. The lowest BCUT2D eigenvalue weighted by molar-refractivity contribution is 0.0665. The SMILES string of the molecule is Nc1ccc(/C=C/OC(=O)c2ccc(O)cc2)cc1. The molecule has 0 saturated carbocycles. The zero-order valence-corrected chi connectivity index (χ0v) is 10.1. The number of phenolic OH excluding ortho intramolecular Hbond substituents is 1. The second kappa shape index (κ2) is 5.73. The van der Waals surface area contributed by atoms with E-state index in [2.05, 4.69) is 0 Å². The molecular weight excluding hydrogens is 242 g/mol. The Kier molecular flexibility index (Phi) is 3.83. The Morgan fingerprint density at radius 3 is 2.32 bits per heavy atom. The molecule has 0 aliphatic heterocycles. The van der Waals surface area contributed by atoms with Crippen molar-refractivity contribution in [2.75, 3.05) is 5.73 Å². The highest BCUT2D eigenvalue weighted by molar-refractivity contribution is 5.90. The summed E-state index contributed by atoms with van der Waals surface area (Å²) in [6.07, 6.45) is 2.98. The fraction of sp³-hybridized carbons (Fsp3) is 0. The van der Waals surface area contributed by atoms with Crippen LogP contribution in [0.2, 0.25) is 0 Å². The Morgan fingerprint density at radius 1 is 1.05 bits per heavy atom. The third-order valence-corrected chi connectivity index (χ3v) is 2.48. The molecule has 0 aliphatic rings. The Hall–Kier alpha value is -2.75. The van der Waals surface area contributed by atoms with Gasteiger partial charge in [-0.25, -0.2) is 4.79 Å². The van der Waals surface area contributed by atoms with Gasteiger partial charge in [-0.2, -0.15) is 0 Å². The molecule has 0 radical (unpaired) electrons. The summed E-state index contributed by atoms with van der Waals surface area (Å²) in [7, 11) is 0. The van der Waals surface area contributed by atoms with Gasteiger partial charge in [0, 0.05) is 5.69 Å². The van der Waals surface area contributed by atoms with E-state index in [0.29, 0.717) is 11.3 Å². The molecule has 2 aromatic carbocycles. The molecule has 2 rings (SSSR count). The largest absolute Gasteiger partial charge is 0.508 e. The lowest BCUT2D eigenvalue weighted by Crippen LogP contribution is -1.99. The van der Waals surface area contributed by atoms with Crippen molar-refractivity contribution in [2.24, 2.45) is 0 Å². The molecule has 3 N–H and O–H groups in total. The highest BCUT2D eigenvalue weighted by Gasteiger charge is 2.04. The number of nitrogen functional groups attached to an aromatic ring is 1. The minimum absolute atomic E-state index is 0.106. The van der Waals surface area contributed by atoms with Gasteiger partial charge >= 0.3 is 5.97 Å². The monoisotopic (exact) mass is 255 g/mol. The van der Waals surface area contributed by atoms with Gasteiger partial charge in [-0.1, -0.05) is 12.1 Å². The molecule has 96 valence electrons. The van der Waals surface area contributed by atoms with Crippen molar-refractivity contribution < 1.29 is 14.6 Å². The van der Waals surface area contributed by atoms with Crippen LogP contribution in [0.5, 0.6) is 5.75 Å². The van der Waals surface area contributed by atoms with E-state index in [1.165, 1.54) is 30.5 Å². The molecule has 0 aromatic heterocycles. The average Bonchev–Trinajstić information content (AvgIpc) is 2.41. The number of phenols is 1. The normalized spacial score (nSPS) is 10.5. The predicted octanol–water partition coefficient (Wildman–Crippen LogP) is 2.80. The van der Waals surface area contributed by atoms with Crippen LogP contribution in [0.1, 0.15) is 15.9 Å². The molecule has 0 amide bonds. The van der Waals surface area contributed by atoms with E-state index >= 15 is 0 Å². The number of hydrogen-bond donors (Lipinski definition) is 2. The molecule has 0 heterocycles. The predicted molar refractivity (Wildman–Crippen MR) is 73.4 cm³/mol. The van der Waals surface area contributed by atoms with Crippen LogP contribution in [0.4, 0.5) is 5.69 Å². The molecule has 0 saturated heterocycles. The van der Waals surface area contributed by atoms with Gasteiger partial charge in [0.25, 0.3) is 0 Å². The first-order valence-corrected chi connectivity index (χ1v) is 5.67. The van der Waals surface area contributed by atoms with Crippen molar-refractivity contribution in [3.63, 3.8) is 0 Å². The minimum atomic E-state index is -0.480. The lowest BCUT2D eigenvalue weighted by atomic mass is 10.2. The molecule has 0 fully saturated rings. The molecule has 4 heteroatoms. The molecule has 0 spiro atoms. The fourth-order valence-corrected chi connectivity index (χ4v) is 1.45. The van der Waals surface area contributed by atoms with Crippen LogP contribution in [0.3, 0.4) is 0 Å². The number of hydrogen-bond acceptors (Lipinski definition) is 4. The van der Waals surface area contributed by atoms with Crippen LogP contribution in [0.15, 0.2) is 54.8 Å². The van der Waals surface area contributed by atoms with E-state index in [1.807, 2.05) is 12.1 Å². The Morgan fingerprint density at radius 2 is 1.68 bits per heavy atom. The van der Waals surface area contributed by atoms with Crippen molar-refractivity contribution in [3.05, 3.63) is 65.9 Å². The molecule has 2 aromatic rings. The standard InChI is InChI=1S/C15H13NO3/c16-13-5-1-11(2-6-13)9-10-19-15(18)12-3-7-14(17)8-4-12/h1-10,17H,16H2/b10-9+. The van der Waals surface area contributed by atoms with E-state index in [-0.39, 0.29) is 5.75 Å². The van der Waals surface area contributed by atoms with Crippen molar-refractivity contribution in [3.8, 4) is 5.75 Å². The number of carbonyl (C=O) groups is 1. The molecule has 0 atom stereocenters. The minimum Gasteiger partial charge on any atom is -0.508 e. The number of ether oxygens (including phenoxy) is 1. The van der Waals surface area contributed by atoms with Gasteiger partial charge in [-0.3, -0.25) is 0 Å². The first-order chi connectivity index (χ1) is 9.15. The number of carbonyl (C=O) groups excluding carboxylic acids is 1. The molecule has 0 unspecified atom stereocenters.